The lowest BCUT2D eigenvalue weighted by atomic mass is 9.92. The van der Waals surface area contributed by atoms with Crippen LogP contribution in [0.3, 0.4) is 0 Å². The first-order chi connectivity index (χ1) is 8.80. The maximum atomic E-state index is 12.9. The summed E-state index contributed by atoms with van der Waals surface area (Å²) < 4.78 is 38.7. The van der Waals surface area contributed by atoms with E-state index in [9.17, 15) is 13.2 Å². The SMILES string of the molecule is CC(C)c1cc(C(C)C2CCS2)cnc1C(F)(F)F. The van der Waals surface area contributed by atoms with Gasteiger partial charge in [-0.25, -0.2) is 0 Å². The summed E-state index contributed by atoms with van der Waals surface area (Å²) in [6, 6.07) is 1.70. The normalized spacial score (nSPS) is 21.3. The molecule has 0 aliphatic carbocycles. The summed E-state index contributed by atoms with van der Waals surface area (Å²) in [7, 11) is 0. The van der Waals surface area contributed by atoms with Crippen LogP contribution in [0.4, 0.5) is 13.2 Å². The fraction of sp³-hybridized carbons (Fsp3) is 0.643. The molecule has 1 aliphatic rings. The molecule has 0 spiro atoms. The largest absolute Gasteiger partial charge is 0.433 e. The first-order valence-electron chi connectivity index (χ1n) is 6.49. The van der Waals surface area contributed by atoms with E-state index in [1.165, 1.54) is 6.20 Å². The van der Waals surface area contributed by atoms with Crippen LogP contribution < -0.4 is 0 Å². The molecule has 1 aliphatic heterocycles. The van der Waals surface area contributed by atoms with Crippen LogP contribution in [-0.2, 0) is 6.18 Å². The van der Waals surface area contributed by atoms with Crippen molar-refractivity contribution in [2.45, 2.75) is 50.5 Å². The quantitative estimate of drug-likeness (QED) is 0.790. The van der Waals surface area contributed by atoms with Crippen molar-refractivity contribution < 1.29 is 13.2 Å². The molecule has 1 saturated heterocycles. The third-order valence-electron chi connectivity index (χ3n) is 3.65. The van der Waals surface area contributed by atoms with Gasteiger partial charge < -0.3 is 0 Å². The van der Waals surface area contributed by atoms with Crippen molar-refractivity contribution in [3.05, 3.63) is 29.1 Å². The van der Waals surface area contributed by atoms with E-state index in [-0.39, 0.29) is 11.8 Å². The van der Waals surface area contributed by atoms with Gasteiger partial charge in [0, 0.05) is 11.4 Å². The molecule has 2 rings (SSSR count). The average Bonchev–Trinajstić information content (AvgIpc) is 2.24. The summed E-state index contributed by atoms with van der Waals surface area (Å²) in [5.41, 5.74) is 0.495. The number of halogens is 3. The van der Waals surface area contributed by atoms with Crippen LogP contribution in [0.1, 0.15) is 55.8 Å². The highest BCUT2D eigenvalue weighted by Crippen LogP contribution is 2.41. The second kappa shape index (κ2) is 5.35. The average molecular weight is 289 g/mol. The molecule has 0 amide bonds. The van der Waals surface area contributed by atoms with Crippen LogP contribution in [0.2, 0.25) is 0 Å². The van der Waals surface area contributed by atoms with Crippen LogP contribution >= 0.6 is 11.8 Å². The molecule has 19 heavy (non-hydrogen) atoms. The molecule has 0 aromatic carbocycles. The zero-order valence-corrected chi connectivity index (χ0v) is 12.1. The number of thioether (sulfide) groups is 1. The first-order valence-corrected chi connectivity index (χ1v) is 7.54. The molecular formula is C14H18F3NS. The molecule has 1 aromatic heterocycles. The fourth-order valence-corrected chi connectivity index (χ4v) is 3.24. The summed E-state index contributed by atoms with van der Waals surface area (Å²) in [4.78, 5) is 3.70. The van der Waals surface area contributed by atoms with Gasteiger partial charge in [0.2, 0.25) is 0 Å². The van der Waals surface area contributed by atoms with Crippen LogP contribution in [0, 0.1) is 0 Å². The minimum atomic E-state index is -4.37. The van der Waals surface area contributed by atoms with E-state index in [0.717, 1.165) is 17.7 Å². The summed E-state index contributed by atoms with van der Waals surface area (Å²) in [6.07, 6.45) is -1.82. The van der Waals surface area contributed by atoms with Gasteiger partial charge in [-0.2, -0.15) is 24.9 Å². The van der Waals surface area contributed by atoms with Crippen molar-refractivity contribution >= 4 is 11.8 Å². The van der Waals surface area contributed by atoms with Gasteiger partial charge in [0.1, 0.15) is 5.69 Å². The van der Waals surface area contributed by atoms with Gasteiger partial charge in [-0.3, -0.25) is 4.98 Å². The van der Waals surface area contributed by atoms with E-state index in [0.29, 0.717) is 10.8 Å². The van der Waals surface area contributed by atoms with E-state index >= 15 is 0 Å². The number of nitrogens with zero attached hydrogens (tertiary/aromatic N) is 1. The Morgan fingerprint density at radius 2 is 1.95 bits per heavy atom. The second-order valence-corrected chi connectivity index (χ2v) is 6.69. The Balaban J connectivity index is 2.35. The lowest BCUT2D eigenvalue weighted by Crippen LogP contribution is -2.23. The van der Waals surface area contributed by atoms with Crippen LogP contribution in [0.25, 0.3) is 0 Å². The van der Waals surface area contributed by atoms with Crippen molar-refractivity contribution in [3.63, 3.8) is 0 Å². The molecule has 0 N–H and O–H groups in total. The predicted octanol–water partition coefficient (Wildman–Crippen LogP) is 4.83. The molecule has 5 heteroatoms. The summed E-state index contributed by atoms with van der Waals surface area (Å²) >= 11 is 1.88. The smallest absolute Gasteiger partial charge is 0.251 e. The summed E-state index contributed by atoms with van der Waals surface area (Å²) in [6.45, 7) is 5.63. The summed E-state index contributed by atoms with van der Waals surface area (Å²) in [5, 5.41) is 0.526. The van der Waals surface area contributed by atoms with Crippen molar-refractivity contribution in [2.24, 2.45) is 0 Å². The Kier molecular flexibility index (Phi) is 4.14. The molecule has 1 nitrogen and oxygen atoms in total. The van der Waals surface area contributed by atoms with E-state index in [2.05, 4.69) is 11.9 Å². The van der Waals surface area contributed by atoms with Crippen molar-refractivity contribution in [3.8, 4) is 0 Å². The van der Waals surface area contributed by atoms with Crippen molar-refractivity contribution in [1.82, 2.24) is 4.98 Å². The Morgan fingerprint density at radius 1 is 1.32 bits per heavy atom. The number of hydrogen-bond donors (Lipinski definition) is 0. The van der Waals surface area contributed by atoms with E-state index in [4.69, 9.17) is 0 Å². The van der Waals surface area contributed by atoms with Crippen LogP contribution in [0.15, 0.2) is 12.3 Å². The third-order valence-corrected chi connectivity index (χ3v) is 5.19. The number of rotatable bonds is 3. The highest BCUT2D eigenvalue weighted by molar-refractivity contribution is 8.01. The zero-order valence-electron chi connectivity index (χ0n) is 11.3. The van der Waals surface area contributed by atoms with Gasteiger partial charge in [0.05, 0.1) is 0 Å². The number of aromatic nitrogens is 1. The molecule has 0 bridgehead atoms. The van der Waals surface area contributed by atoms with Gasteiger partial charge in [-0.05, 0) is 35.1 Å². The van der Waals surface area contributed by atoms with E-state index < -0.39 is 11.9 Å². The minimum Gasteiger partial charge on any atom is -0.251 e. The molecule has 2 atom stereocenters. The predicted molar refractivity (Wildman–Crippen MR) is 72.6 cm³/mol. The topological polar surface area (TPSA) is 12.9 Å². The number of hydrogen-bond acceptors (Lipinski definition) is 2. The summed E-state index contributed by atoms with van der Waals surface area (Å²) in [5.74, 6) is 1.25. The molecule has 2 heterocycles. The molecular weight excluding hydrogens is 271 g/mol. The fourth-order valence-electron chi connectivity index (χ4n) is 2.29. The maximum absolute atomic E-state index is 12.9. The lowest BCUT2D eigenvalue weighted by Gasteiger charge is -2.31. The highest BCUT2D eigenvalue weighted by atomic mass is 32.2. The molecule has 2 unspecified atom stereocenters. The Morgan fingerprint density at radius 3 is 2.37 bits per heavy atom. The van der Waals surface area contributed by atoms with Crippen molar-refractivity contribution in [1.29, 1.82) is 0 Å². The van der Waals surface area contributed by atoms with Crippen LogP contribution in [0.5, 0.6) is 0 Å². The van der Waals surface area contributed by atoms with Gasteiger partial charge in [-0.1, -0.05) is 26.8 Å². The number of pyridine rings is 1. The van der Waals surface area contributed by atoms with Gasteiger partial charge in [-0.15, -0.1) is 0 Å². The Labute approximate surface area is 116 Å². The molecule has 1 fully saturated rings. The first kappa shape index (κ1) is 14.7. The molecule has 106 valence electrons. The Hall–Kier alpha value is -0.710. The van der Waals surface area contributed by atoms with Crippen molar-refractivity contribution in [2.75, 3.05) is 5.75 Å². The standard InChI is InChI=1S/C14H18F3NS/c1-8(2)11-6-10(9(3)12-4-5-19-12)7-18-13(11)14(15,16)17/h6-9,12H,4-5H2,1-3H3. The third kappa shape index (κ3) is 3.07. The maximum Gasteiger partial charge on any atom is 0.433 e. The lowest BCUT2D eigenvalue weighted by molar-refractivity contribution is -0.142. The Bertz CT molecular complexity index is 452. The zero-order chi connectivity index (χ0) is 14.2. The molecule has 0 saturated carbocycles. The second-order valence-electron chi connectivity index (χ2n) is 5.35. The highest BCUT2D eigenvalue weighted by Gasteiger charge is 2.36. The molecule has 1 aromatic rings. The number of alkyl halides is 3. The minimum absolute atomic E-state index is 0.176. The monoisotopic (exact) mass is 289 g/mol. The van der Waals surface area contributed by atoms with Gasteiger partial charge >= 0.3 is 6.18 Å². The molecule has 0 radical (unpaired) electrons. The van der Waals surface area contributed by atoms with E-state index in [1.54, 1.807) is 19.9 Å². The van der Waals surface area contributed by atoms with Crippen LogP contribution in [-0.4, -0.2) is 16.0 Å². The van der Waals surface area contributed by atoms with E-state index in [1.807, 2.05) is 11.8 Å². The van der Waals surface area contributed by atoms with Gasteiger partial charge in [0.25, 0.3) is 0 Å². The van der Waals surface area contributed by atoms with Gasteiger partial charge in [0.15, 0.2) is 0 Å².